The van der Waals surface area contributed by atoms with Gasteiger partial charge in [-0.2, -0.15) is 0 Å². The maximum absolute atomic E-state index is 11.7. The Bertz CT molecular complexity index is 317. The van der Waals surface area contributed by atoms with Gasteiger partial charge in [-0.1, -0.05) is 13.8 Å². The molecule has 2 N–H and O–H groups in total. The van der Waals surface area contributed by atoms with Gasteiger partial charge in [-0.3, -0.25) is 9.79 Å². The summed E-state index contributed by atoms with van der Waals surface area (Å²) in [4.78, 5) is 26.6. The second-order valence-electron chi connectivity index (χ2n) is 3.16. The Balaban J connectivity index is 5.15. The maximum atomic E-state index is 11.7. The van der Waals surface area contributed by atoms with E-state index in [-0.39, 0.29) is 23.0 Å². The molecule has 15 heavy (non-hydrogen) atoms. The number of nitrogens with zero attached hydrogens (tertiary/aromatic N) is 1. The minimum atomic E-state index is -0.664. The van der Waals surface area contributed by atoms with Crippen molar-refractivity contribution in [2.45, 2.75) is 13.8 Å². The minimum absolute atomic E-state index is 0.0429. The standard InChI is InChI=1S/C10H16N2O3/c1-6(2)9(13)7(5-11)8(12-3)10(14)15-4/h5-6H,11H2,1-4H3. The molecular weight excluding hydrogens is 196 g/mol. The number of ketones is 1. The molecule has 0 aliphatic heterocycles. The lowest BCUT2D eigenvalue weighted by Gasteiger charge is -2.09. The Morgan fingerprint density at radius 2 is 1.93 bits per heavy atom. The van der Waals surface area contributed by atoms with Crippen molar-refractivity contribution in [3.05, 3.63) is 11.8 Å². The molecule has 0 unspecified atom stereocenters. The number of hydrogen-bond donors (Lipinski definition) is 1. The molecule has 0 radical (unpaired) electrons. The van der Waals surface area contributed by atoms with Crippen LogP contribution in [-0.4, -0.2) is 31.6 Å². The van der Waals surface area contributed by atoms with Crippen LogP contribution >= 0.6 is 0 Å². The predicted molar refractivity (Wildman–Crippen MR) is 57.5 cm³/mol. The van der Waals surface area contributed by atoms with Crippen LogP contribution in [0.1, 0.15) is 13.8 Å². The molecule has 0 saturated heterocycles. The van der Waals surface area contributed by atoms with Crippen molar-refractivity contribution in [2.24, 2.45) is 16.6 Å². The van der Waals surface area contributed by atoms with Gasteiger partial charge in [0.1, 0.15) is 0 Å². The van der Waals surface area contributed by atoms with Crippen LogP contribution in [-0.2, 0) is 14.3 Å². The second-order valence-corrected chi connectivity index (χ2v) is 3.16. The highest BCUT2D eigenvalue weighted by Gasteiger charge is 2.23. The zero-order valence-electron chi connectivity index (χ0n) is 9.40. The summed E-state index contributed by atoms with van der Waals surface area (Å²) in [6.07, 6.45) is 1.08. The summed E-state index contributed by atoms with van der Waals surface area (Å²) in [5.41, 5.74) is 5.36. The number of Topliss-reactive ketones (excluding diaryl/α,β-unsaturated/α-hetero) is 1. The summed E-state index contributed by atoms with van der Waals surface area (Å²) >= 11 is 0. The van der Waals surface area contributed by atoms with Crippen molar-refractivity contribution in [3.8, 4) is 0 Å². The predicted octanol–water partition coefficient (Wildman–Crippen LogP) is 0.298. The van der Waals surface area contributed by atoms with E-state index >= 15 is 0 Å². The van der Waals surface area contributed by atoms with Crippen LogP contribution in [0.5, 0.6) is 0 Å². The molecule has 0 rings (SSSR count). The first-order chi connectivity index (χ1) is 6.99. The van der Waals surface area contributed by atoms with Crippen molar-refractivity contribution in [3.63, 3.8) is 0 Å². The van der Waals surface area contributed by atoms with E-state index in [4.69, 9.17) is 5.73 Å². The van der Waals surface area contributed by atoms with E-state index in [9.17, 15) is 9.59 Å². The second kappa shape index (κ2) is 5.95. The Labute approximate surface area is 89.0 Å². The van der Waals surface area contributed by atoms with Gasteiger partial charge < -0.3 is 10.5 Å². The first-order valence-electron chi connectivity index (χ1n) is 4.51. The molecule has 0 heterocycles. The molecule has 0 amide bonds. The fraction of sp³-hybridized carbons (Fsp3) is 0.500. The molecule has 0 spiro atoms. The van der Waals surface area contributed by atoms with Gasteiger partial charge in [0, 0.05) is 19.2 Å². The number of nitrogens with two attached hydrogens (primary N) is 1. The molecule has 0 fully saturated rings. The SMILES string of the molecule is CN=C(C(=O)OC)C(=CN)C(=O)C(C)C. The fourth-order valence-electron chi connectivity index (χ4n) is 1.01. The third kappa shape index (κ3) is 3.19. The van der Waals surface area contributed by atoms with E-state index in [2.05, 4.69) is 9.73 Å². The van der Waals surface area contributed by atoms with Gasteiger partial charge >= 0.3 is 5.97 Å². The van der Waals surface area contributed by atoms with E-state index in [1.807, 2.05) is 0 Å². The van der Waals surface area contributed by atoms with Gasteiger partial charge in [-0.25, -0.2) is 4.79 Å². The number of carbonyl (C=O) groups excluding carboxylic acids is 2. The summed E-state index contributed by atoms with van der Waals surface area (Å²) < 4.78 is 4.50. The van der Waals surface area contributed by atoms with Crippen LogP contribution in [0.15, 0.2) is 16.8 Å². The molecule has 5 nitrogen and oxygen atoms in total. The third-order valence-electron chi connectivity index (χ3n) is 1.81. The summed E-state index contributed by atoms with van der Waals surface area (Å²) in [6, 6.07) is 0. The van der Waals surface area contributed by atoms with Crippen molar-refractivity contribution in [1.82, 2.24) is 0 Å². The molecule has 0 atom stereocenters. The third-order valence-corrected chi connectivity index (χ3v) is 1.81. The highest BCUT2D eigenvalue weighted by atomic mass is 16.5. The van der Waals surface area contributed by atoms with Crippen LogP contribution in [0.2, 0.25) is 0 Å². The number of aliphatic imine (C=N–C) groups is 1. The Hall–Kier alpha value is -1.65. The monoisotopic (exact) mass is 212 g/mol. The molecule has 84 valence electrons. The topological polar surface area (TPSA) is 81.8 Å². The number of rotatable bonds is 4. The van der Waals surface area contributed by atoms with Crippen LogP contribution in [0, 0.1) is 5.92 Å². The number of methoxy groups -OCH3 is 1. The van der Waals surface area contributed by atoms with Crippen molar-refractivity contribution in [2.75, 3.05) is 14.2 Å². The zero-order valence-corrected chi connectivity index (χ0v) is 9.40. The fourth-order valence-corrected chi connectivity index (χ4v) is 1.01. The highest BCUT2D eigenvalue weighted by Crippen LogP contribution is 2.08. The summed E-state index contributed by atoms with van der Waals surface area (Å²) in [5, 5.41) is 0. The number of hydrogen-bond acceptors (Lipinski definition) is 5. The van der Waals surface area contributed by atoms with Crippen LogP contribution in [0.3, 0.4) is 0 Å². The molecule has 0 aromatic rings. The molecule has 0 aliphatic carbocycles. The molecule has 0 bridgehead atoms. The van der Waals surface area contributed by atoms with Crippen LogP contribution in [0.4, 0.5) is 0 Å². The number of esters is 1. The van der Waals surface area contributed by atoms with Crippen molar-refractivity contribution >= 4 is 17.5 Å². The van der Waals surface area contributed by atoms with Gasteiger partial charge in [0.2, 0.25) is 0 Å². The van der Waals surface area contributed by atoms with Crippen molar-refractivity contribution < 1.29 is 14.3 Å². The largest absolute Gasteiger partial charge is 0.464 e. The lowest BCUT2D eigenvalue weighted by atomic mass is 9.98. The molecule has 0 aromatic heterocycles. The quantitative estimate of drug-likeness (QED) is 0.412. The van der Waals surface area contributed by atoms with Gasteiger partial charge in [-0.05, 0) is 0 Å². The average Bonchev–Trinajstić information content (AvgIpc) is 2.23. The van der Waals surface area contributed by atoms with Crippen LogP contribution < -0.4 is 5.73 Å². The van der Waals surface area contributed by atoms with E-state index in [1.165, 1.54) is 14.2 Å². The van der Waals surface area contributed by atoms with Gasteiger partial charge in [0.15, 0.2) is 11.5 Å². The molecule has 0 aromatic carbocycles. The van der Waals surface area contributed by atoms with Gasteiger partial charge in [0.25, 0.3) is 0 Å². The van der Waals surface area contributed by atoms with E-state index in [0.29, 0.717) is 0 Å². The smallest absolute Gasteiger partial charge is 0.357 e. The van der Waals surface area contributed by atoms with Crippen molar-refractivity contribution in [1.29, 1.82) is 0 Å². The Morgan fingerprint density at radius 3 is 2.20 bits per heavy atom. The maximum Gasteiger partial charge on any atom is 0.357 e. The Kier molecular flexibility index (Phi) is 5.30. The van der Waals surface area contributed by atoms with Gasteiger partial charge in [0.05, 0.1) is 12.7 Å². The zero-order chi connectivity index (χ0) is 12.0. The molecule has 5 heteroatoms. The summed E-state index contributed by atoms with van der Waals surface area (Å²) in [6.45, 7) is 3.44. The van der Waals surface area contributed by atoms with E-state index < -0.39 is 5.97 Å². The lowest BCUT2D eigenvalue weighted by Crippen LogP contribution is -2.26. The number of carbonyl (C=O) groups is 2. The lowest BCUT2D eigenvalue weighted by molar-refractivity contribution is -0.133. The summed E-state index contributed by atoms with van der Waals surface area (Å²) in [5.74, 6) is -1.15. The normalized spacial score (nSPS) is 12.9. The summed E-state index contributed by atoms with van der Waals surface area (Å²) in [7, 11) is 2.63. The Morgan fingerprint density at radius 1 is 1.40 bits per heavy atom. The van der Waals surface area contributed by atoms with Gasteiger partial charge in [-0.15, -0.1) is 0 Å². The average molecular weight is 212 g/mol. The van der Waals surface area contributed by atoms with Crippen LogP contribution in [0.25, 0.3) is 0 Å². The van der Waals surface area contributed by atoms with E-state index in [0.717, 1.165) is 6.20 Å². The molecule has 0 aliphatic rings. The highest BCUT2D eigenvalue weighted by molar-refractivity contribution is 6.49. The first kappa shape index (κ1) is 13.4. The minimum Gasteiger partial charge on any atom is -0.464 e. The van der Waals surface area contributed by atoms with E-state index in [1.54, 1.807) is 13.8 Å². The number of ether oxygens (including phenoxy) is 1. The molecular formula is C10H16N2O3. The molecule has 0 saturated carbocycles. The first-order valence-corrected chi connectivity index (χ1v) is 4.51.